The van der Waals surface area contributed by atoms with Crippen LogP contribution in [0.15, 0.2) is 30.3 Å². The lowest BCUT2D eigenvalue weighted by Crippen LogP contribution is -2.33. The van der Waals surface area contributed by atoms with Crippen LogP contribution in [0.4, 0.5) is 0 Å². The third-order valence-electron chi connectivity index (χ3n) is 1.24. The molecule has 0 fully saturated rings. The Hall–Kier alpha value is -1.43. The van der Waals surface area contributed by atoms with Gasteiger partial charge in [-0.15, -0.1) is 0 Å². The lowest BCUT2D eigenvalue weighted by molar-refractivity contribution is -0.430. The highest BCUT2D eigenvalue weighted by Crippen LogP contribution is 2.05. The van der Waals surface area contributed by atoms with E-state index in [1.54, 1.807) is 18.2 Å². The number of benzene rings is 1. The van der Waals surface area contributed by atoms with Crippen LogP contribution in [-0.2, 0) is 4.74 Å². The van der Waals surface area contributed by atoms with Crippen LogP contribution in [0, 0.1) is 0 Å². The van der Waals surface area contributed by atoms with Gasteiger partial charge in [0.05, 0.1) is 5.56 Å². The first kappa shape index (κ1) is 9.66. The van der Waals surface area contributed by atoms with Crippen LogP contribution in [0.3, 0.4) is 0 Å². The molecule has 0 bridgehead atoms. The van der Waals surface area contributed by atoms with Crippen molar-refractivity contribution >= 4 is 5.97 Å². The zero-order valence-corrected chi connectivity index (χ0v) is 6.54. The monoisotopic (exact) mass is 184 g/mol. The fourth-order valence-electron chi connectivity index (χ4n) is 0.758. The van der Waals surface area contributed by atoms with Crippen LogP contribution in [0.25, 0.3) is 0 Å². The molecule has 0 unspecified atom stereocenters. The van der Waals surface area contributed by atoms with Gasteiger partial charge in [0.1, 0.15) is 0 Å². The van der Waals surface area contributed by atoms with Crippen molar-refractivity contribution in [2.24, 2.45) is 0 Å². The van der Waals surface area contributed by atoms with Gasteiger partial charge < -0.3 is 20.1 Å². The average Bonchev–Trinajstić information content (AvgIpc) is 2.03. The van der Waals surface area contributed by atoms with Crippen molar-refractivity contribution in [2.45, 2.75) is 6.16 Å². The molecule has 0 amide bonds. The van der Waals surface area contributed by atoms with E-state index in [9.17, 15) is 4.79 Å². The van der Waals surface area contributed by atoms with Gasteiger partial charge in [-0.05, 0) is 12.1 Å². The summed E-state index contributed by atoms with van der Waals surface area (Å²) in [6, 6.07) is 7.65. The van der Waals surface area contributed by atoms with Gasteiger partial charge in [-0.2, -0.15) is 0 Å². The minimum atomic E-state index is -3.42. The first-order chi connectivity index (χ1) is 5.99. The molecule has 0 aliphatic carbocycles. The van der Waals surface area contributed by atoms with Crippen molar-refractivity contribution in [3.8, 4) is 0 Å². The molecule has 0 radical (unpaired) electrons. The van der Waals surface area contributed by atoms with E-state index in [1.807, 2.05) is 0 Å². The molecule has 0 aromatic heterocycles. The summed E-state index contributed by atoms with van der Waals surface area (Å²) >= 11 is 0. The number of carbonyl (C=O) groups is 1. The fraction of sp³-hybridized carbons (Fsp3) is 0.125. The maximum Gasteiger partial charge on any atom is 0.455 e. The Bertz CT molecular complexity index is 287. The smallest absolute Gasteiger partial charge is 0.381 e. The average molecular weight is 184 g/mol. The van der Waals surface area contributed by atoms with E-state index in [0.29, 0.717) is 0 Å². The zero-order valence-electron chi connectivity index (χ0n) is 6.54. The molecule has 5 heteroatoms. The molecule has 0 atom stereocenters. The van der Waals surface area contributed by atoms with Crippen LogP contribution in [0.5, 0.6) is 0 Å². The lowest BCUT2D eigenvalue weighted by Gasteiger charge is -2.13. The van der Waals surface area contributed by atoms with Gasteiger partial charge in [0, 0.05) is 0 Å². The summed E-state index contributed by atoms with van der Waals surface area (Å²) in [6.07, 6.45) is -3.42. The number of esters is 1. The number of ether oxygens (including phenoxy) is 1. The van der Waals surface area contributed by atoms with Crippen LogP contribution in [0.2, 0.25) is 0 Å². The highest BCUT2D eigenvalue weighted by molar-refractivity contribution is 5.89. The van der Waals surface area contributed by atoms with Crippen molar-refractivity contribution in [2.75, 3.05) is 0 Å². The van der Waals surface area contributed by atoms with Crippen LogP contribution < -0.4 is 0 Å². The minimum Gasteiger partial charge on any atom is -0.381 e. The number of rotatable bonds is 2. The zero-order chi connectivity index (χ0) is 9.90. The third-order valence-corrected chi connectivity index (χ3v) is 1.24. The second-order valence-corrected chi connectivity index (χ2v) is 2.33. The number of hydrogen-bond donors (Lipinski definition) is 3. The molecule has 0 saturated heterocycles. The number of carbonyl (C=O) groups excluding carboxylic acids is 1. The Balaban J connectivity index is 2.71. The van der Waals surface area contributed by atoms with E-state index in [2.05, 4.69) is 4.74 Å². The van der Waals surface area contributed by atoms with E-state index in [4.69, 9.17) is 15.3 Å². The fourth-order valence-corrected chi connectivity index (χ4v) is 0.758. The molecular formula is C8H8O5. The molecule has 0 aliphatic heterocycles. The maximum atomic E-state index is 11.0. The Morgan fingerprint density at radius 2 is 1.69 bits per heavy atom. The van der Waals surface area contributed by atoms with Gasteiger partial charge in [-0.3, -0.25) is 0 Å². The molecule has 1 aromatic carbocycles. The molecule has 5 nitrogen and oxygen atoms in total. The summed E-state index contributed by atoms with van der Waals surface area (Å²) in [6.45, 7) is 0. The predicted octanol–water partition coefficient (Wildman–Crippen LogP) is -0.568. The predicted molar refractivity (Wildman–Crippen MR) is 41.2 cm³/mol. The second kappa shape index (κ2) is 3.53. The Morgan fingerprint density at radius 1 is 1.15 bits per heavy atom. The highest BCUT2D eigenvalue weighted by Gasteiger charge is 2.25. The van der Waals surface area contributed by atoms with Crippen molar-refractivity contribution in [3.05, 3.63) is 35.9 Å². The van der Waals surface area contributed by atoms with E-state index in [1.165, 1.54) is 12.1 Å². The van der Waals surface area contributed by atoms with E-state index in [0.717, 1.165) is 0 Å². The topological polar surface area (TPSA) is 87.0 Å². The normalized spacial score (nSPS) is 11.0. The Labute approximate surface area is 73.8 Å². The van der Waals surface area contributed by atoms with Crippen LogP contribution in [-0.4, -0.2) is 27.4 Å². The molecule has 0 heterocycles. The number of aliphatic hydroxyl groups is 3. The van der Waals surface area contributed by atoms with E-state index in [-0.39, 0.29) is 5.56 Å². The molecule has 70 valence electrons. The quantitative estimate of drug-likeness (QED) is 0.423. The molecule has 1 rings (SSSR count). The molecule has 0 saturated carbocycles. The third kappa shape index (κ3) is 3.20. The SMILES string of the molecule is O=C(OC(O)(O)O)c1ccccc1. The first-order valence-electron chi connectivity index (χ1n) is 3.44. The van der Waals surface area contributed by atoms with Crippen molar-refractivity contribution in [1.29, 1.82) is 0 Å². The van der Waals surface area contributed by atoms with Crippen molar-refractivity contribution in [3.63, 3.8) is 0 Å². The maximum absolute atomic E-state index is 11.0. The molecular weight excluding hydrogens is 176 g/mol. The Morgan fingerprint density at radius 3 is 2.15 bits per heavy atom. The first-order valence-corrected chi connectivity index (χ1v) is 3.44. The standard InChI is InChI=1S/C8H8O5/c9-7(13-8(10,11)12)6-4-2-1-3-5-6/h1-5,10-12H. The molecule has 0 spiro atoms. The van der Waals surface area contributed by atoms with Crippen LogP contribution >= 0.6 is 0 Å². The van der Waals surface area contributed by atoms with Crippen molar-refractivity contribution in [1.82, 2.24) is 0 Å². The number of hydrogen-bond acceptors (Lipinski definition) is 5. The van der Waals surface area contributed by atoms with E-state index >= 15 is 0 Å². The largest absolute Gasteiger partial charge is 0.455 e. The summed E-state index contributed by atoms with van der Waals surface area (Å²) in [5, 5.41) is 25.0. The van der Waals surface area contributed by atoms with Gasteiger partial charge in [0.2, 0.25) is 0 Å². The molecule has 0 aliphatic rings. The van der Waals surface area contributed by atoms with E-state index < -0.39 is 12.1 Å². The highest BCUT2D eigenvalue weighted by atomic mass is 16.9. The van der Waals surface area contributed by atoms with Gasteiger partial charge in [0.15, 0.2) is 0 Å². The van der Waals surface area contributed by atoms with Gasteiger partial charge in [0.25, 0.3) is 0 Å². The molecule has 1 aromatic rings. The molecule has 3 N–H and O–H groups in total. The van der Waals surface area contributed by atoms with Gasteiger partial charge in [-0.1, -0.05) is 18.2 Å². The lowest BCUT2D eigenvalue weighted by atomic mass is 10.2. The van der Waals surface area contributed by atoms with Gasteiger partial charge >= 0.3 is 12.1 Å². The Kier molecular flexibility index (Phi) is 2.62. The summed E-state index contributed by atoms with van der Waals surface area (Å²) in [5.41, 5.74) is 0.115. The minimum absolute atomic E-state index is 0.115. The molecule has 13 heavy (non-hydrogen) atoms. The summed E-state index contributed by atoms with van der Waals surface area (Å²) in [4.78, 5) is 11.0. The van der Waals surface area contributed by atoms with Crippen LogP contribution in [0.1, 0.15) is 10.4 Å². The van der Waals surface area contributed by atoms with Gasteiger partial charge in [-0.25, -0.2) is 4.79 Å². The summed E-state index contributed by atoms with van der Waals surface area (Å²) < 4.78 is 3.85. The van der Waals surface area contributed by atoms with Crippen molar-refractivity contribution < 1.29 is 24.9 Å². The summed E-state index contributed by atoms with van der Waals surface area (Å²) in [7, 11) is 0. The second-order valence-electron chi connectivity index (χ2n) is 2.33. The summed E-state index contributed by atoms with van der Waals surface area (Å²) in [5.74, 6) is -1.02.